The van der Waals surface area contributed by atoms with Crippen LogP contribution in [0, 0.1) is 5.82 Å². The van der Waals surface area contributed by atoms with Crippen molar-refractivity contribution >= 4 is 17.2 Å². The van der Waals surface area contributed by atoms with E-state index in [1.54, 1.807) is 16.3 Å². The average Bonchev–Trinajstić information content (AvgIpc) is 3.30. The normalized spacial score (nSPS) is 21.7. The van der Waals surface area contributed by atoms with Crippen LogP contribution in [-0.4, -0.2) is 33.3 Å². The molecule has 4 heterocycles. The van der Waals surface area contributed by atoms with E-state index in [9.17, 15) is 14.7 Å². The molecule has 2 aliphatic carbocycles. The van der Waals surface area contributed by atoms with E-state index in [0.29, 0.717) is 29.7 Å². The van der Waals surface area contributed by atoms with E-state index < -0.39 is 53.0 Å². The summed E-state index contributed by atoms with van der Waals surface area (Å²) in [5, 5.41) is 14.5. The van der Waals surface area contributed by atoms with Gasteiger partial charge >= 0.3 is 0 Å². The highest BCUT2D eigenvalue weighted by Gasteiger charge is 2.50. The zero-order valence-corrected chi connectivity index (χ0v) is 21.9. The van der Waals surface area contributed by atoms with E-state index in [-0.39, 0.29) is 11.3 Å². The number of alkyl halides is 2. The van der Waals surface area contributed by atoms with Gasteiger partial charge in [0.1, 0.15) is 12.0 Å². The molecule has 10 heteroatoms. The molecule has 202 valence electrons. The van der Waals surface area contributed by atoms with Crippen molar-refractivity contribution in [3.8, 4) is 27.3 Å². The predicted octanol–water partition coefficient (Wildman–Crippen LogP) is 5.74. The van der Waals surface area contributed by atoms with Crippen LogP contribution in [0.4, 0.5) is 13.2 Å². The molecule has 2 atom stereocenters. The molecule has 0 bridgehead atoms. The molecule has 2 aromatic carbocycles. The van der Waals surface area contributed by atoms with Gasteiger partial charge in [-0.25, -0.2) is 13.2 Å². The van der Waals surface area contributed by atoms with Crippen LogP contribution in [0.1, 0.15) is 58.0 Å². The Morgan fingerprint density at radius 3 is 2.67 bits per heavy atom. The number of rotatable bonds is 1. The Bertz CT molecular complexity index is 1830. The summed E-state index contributed by atoms with van der Waals surface area (Å²) in [5.74, 6) is -5.46. The number of piperidine rings is 1. The minimum Gasteiger partial charge on any atom is -0.502 e. The van der Waals surface area contributed by atoms with Gasteiger partial charge in [0.15, 0.2) is 11.4 Å². The van der Waals surface area contributed by atoms with Crippen LogP contribution < -0.4 is 10.4 Å². The van der Waals surface area contributed by atoms with Gasteiger partial charge in [0.2, 0.25) is 5.43 Å². The van der Waals surface area contributed by atoms with Gasteiger partial charge in [-0.1, -0.05) is 30.3 Å². The Balaban J connectivity index is 1.51. The lowest BCUT2D eigenvalue weighted by atomic mass is 9.80. The van der Waals surface area contributed by atoms with Crippen molar-refractivity contribution in [3.63, 3.8) is 0 Å². The third-order valence-electron chi connectivity index (χ3n) is 8.68. The molecule has 6 nitrogen and oxygen atoms in total. The summed E-state index contributed by atoms with van der Waals surface area (Å²) in [7, 11) is 0. The fraction of sp³-hybridized carbons (Fsp3) is 0.267. The van der Waals surface area contributed by atoms with E-state index >= 15 is 13.2 Å². The van der Waals surface area contributed by atoms with E-state index in [1.807, 2.05) is 29.3 Å². The Kier molecular flexibility index (Phi) is 4.76. The zero-order chi connectivity index (χ0) is 27.5. The summed E-state index contributed by atoms with van der Waals surface area (Å²) in [4.78, 5) is 28.5. The number of thiophene rings is 1. The van der Waals surface area contributed by atoms with Gasteiger partial charge < -0.3 is 10.0 Å². The number of pyridine rings is 1. The van der Waals surface area contributed by atoms with Crippen molar-refractivity contribution < 1.29 is 23.1 Å². The molecule has 2 unspecified atom stereocenters. The van der Waals surface area contributed by atoms with E-state index in [4.69, 9.17) is 0 Å². The van der Waals surface area contributed by atoms with Crippen molar-refractivity contribution in [3.05, 3.63) is 98.0 Å². The van der Waals surface area contributed by atoms with Gasteiger partial charge in [0, 0.05) is 41.2 Å². The Labute approximate surface area is 230 Å². The minimum absolute atomic E-state index is 0.163. The fourth-order valence-electron chi connectivity index (χ4n) is 7.08. The second kappa shape index (κ2) is 8.00. The first-order valence-corrected chi connectivity index (χ1v) is 14.1. The number of nitrogens with zero attached hydrogens (tertiary/aromatic N) is 3. The van der Waals surface area contributed by atoms with Crippen LogP contribution in [-0.2, 0) is 12.3 Å². The highest BCUT2D eigenvalue weighted by Crippen LogP contribution is 2.58. The molecule has 40 heavy (non-hydrogen) atoms. The monoisotopic (exact) mass is 561 g/mol. The number of benzene rings is 2. The van der Waals surface area contributed by atoms with Crippen molar-refractivity contribution in [2.24, 2.45) is 0 Å². The number of hydrogen-bond acceptors (Lipinski definition) is 5. The third kappa shape index (κ3) is 2.94. The highest BCUT2D eigenvalue weighted by molar-refractivity contribution is 7.14. The molecular formula is C30H22F3N3O3S. The van der Waals surface area contributed by atoms with Crippen LogP contribution >= 0.6 is 11.3 Å². The molecule has 8 rings (SSSR count). The predicted molar refractivity (Wildman–Crippen MR) is 144 cm³/mol. The van der Waals surface area contributed by atoms with Crippen LogP contribution in [0.25, 0.3) is 21.6 Å². The fourth-order valence-corrected chi connectivity index (χ4v) is 8.20. The summed E-state index contributed by atoms with van der Waals surface area (Å²) in [6.45, 7) is 0.425. The second-order valence-corrected chi connectivity index (χ2v) is 11.7. The molecular weight excluding hydrogens is 539 g/mol. The minimum atomic E-state index is -3.41. The SMILES string of the molecule is O=C1c2c(O)c(=O)ccn2N(C2c3ccccc3-c3scc4c3-c3c2ccc(F)c3C(F)(F)C4)C2CCCCN12. The topological polar surface area (TPSA) is 65.8 Å². The molecule has 1 amide bonds. The van der Waals surface area contributed by atoms with Gasteiger partial charge in [-0.15, -0.1) is 11.3 Å². The lowest BCUT2D eigenvalue weighted by Crippen LogP contribution is -2.63. The molecule has 1 saturated heterocycles. The van der Waals surface area contributed by atoms with Crippen LogP contribution in [0.3, 0.4) is 0 Å². The van der Waals surface area contributed by atoms with Gasteiger partial charge in [0.05, 0.1) is 11.6 Å². The first kappa shape index (κ1) is 23.8. The standard InChI is InChI=1S/C30H22F3N3O3S/c31-19-9-8-18-23-22-15(13-30(32,33)24(19)23)14-40-28(22)17-6-2-1-5-16(17)25(18)36-21-7-3-4-11-34(21)29(39)26-27(38)20(37)10-12-35(26)36/h1-2,5-6,8-10,12,14,21,25,38H,3-4,7,11,13H2. The molecule has 2 aliphatic heterocycles. The molecule has 0 spiro atoms. The summed E-state index contributed by atoms with van der Waals surface area (Å²) in [6.07, 6.45) is 2.59. The number of carbonyl (C=O) groups excluding carboxylic acids is 1. The van der Waals surface area contributed by atoms with Crippen molar-refractivity contribution in [2.45, 2.75) is 43.8 Å². The Hall–Kier alpha value is -4.05. The van der Waals surface area contributed by atoms with Gasteiger partial charge in [-0.3, -0.25) is 19.3 Å². The van der Waals surface area contributed by atoms with E-state index in [1.165, 1.54) is 28.3 Å². The Morgan fingerprint density at radius 1 is 1.00 bits per heavy atom. The van der Waals surface area contributed by atoms with Crippen molar-refractivity contribution in [2.75, 3.05) is 11.6 Å². The molecule has 4 aliphatic rings. The molecule has 4 aromatic rings. The summed E-state index contributed by atoms with van der Waals surface area (Å²) in [5.41, 5.74) is 2.00. The second-order valence-electron chi connectivity index (χ2n) is 10.8. The third-order valence-corrected chi connectivity index (χ3v) is 9.75. The summed E-state index contributed by atoms with van der Waals surface area (Å²) >= 11 is 1.37. The molecule has 1 fully saturated rings. The number of amides is 1. The lowest BCUT2D eigenvalue weighted by Gasteiger charge is -2.52. The van der Waals surface area contributed by atoms with Crippen LogP contribution in [0.2, 0.25) is 0 Å². The maximum Gasteiger partial charge on any atom is 0.280 e. The number of halogens is 3. The van der Waals surface area contributed by atoms with Gasteiger partial charge in [0.25, 0.3) is 11.8 Å². The summed E-state index contributed by atoms with van der Waals surface area (Å²) in [6, 6.07) is 10.8. The number of carbonyl (C=O) groups is 1. The molecule has 1 N–H and O–H groups in total. The van der Waals surface area contributed by atoms with Crippen molar-refractivity contribution in [1.29, 1.82) is 0 Å². The average molecular weight is 562 g/mol. The maximum atomic E-state index is 15.7. The quantitative estimate of drug-likeness (QED) is 0.322. The first-order valence-electron chi connectivity index (χ1n) is 13.2. The summed E-state index contributed by atoms with van der Waals surface area (Å²) < 4.78 is 48.2. The Morgan fingerprint density at radius 2 is 1.82 bits per heavy atom. The number of aromatic nitrogens is 1. The number of hydrogen-bond donors (Lipinski definition) is 1. The smallest absolute Gasteiger partial charge is 0.280 e. The number of aromatic hydroxyl groups is 1. The van der Waals surface area contributed by atoms with Crippen LogP contribution in [0.15, 0.2) is 58.8 Å². The zero-order valence-electron chi connectivity index (χ0n) is 21.0. The van der Waals surface area contributed by atoms with Crippen molar-refractivity contribution in [1.82, 2.24) is 9.58 Å². The number of fused-ring (bicyclic) bond motifs is 4. The maximum absolute atomic E-state index is 15.7. The van der Waals surface area contributed by atoms with Gasteiger partial charge in [-0.2, -0.15) is 0 Å². The molecule has 2 aromatic heterocycles. The largest absolute Gasteiger partial charge is 0.502 e. The first-order chi connectivity index (χ1) is 19.3. The molecule has 0 radical (unpaired) electrons. The van der Waals surface area contributed by atoms with E-state index in [0.717, 1.165) is 34.9 Å². The highest BCUT2D eigenvalue weighted by atomic mass is 32.1. The molecule has 0 saturated carbocycles. The van der Waals surface area contributed by atoms with Gasteiger partial charge in [-0.05, 0) is 53.0 Å². The lowest BCUT2D eigenvalue weighted by molar-refractivity contribution is -0.00825. The van der Waals surface area contributed by atoms with E-state index in [2.05, 4.69) is 0 Å². The van der Waals surface area contributed by atoms with Crippen LogP contribution in [0.5, 0.6) is 5.75 Å².